The SMILES string of the molecule is COc1cccc(-c2ccc(C(Oc3cc(-c4ccc(CC(NC(=O)OC(C)(C)C)C(=O)O)cc4)nc(N)n3)C(F)(F)F)cc2)n1. The van der Waals surface area contributed by atoms with Gasteiger partial charge in [-0.05, 0) is 32.4 Å². The number of rotatable bonds is 10. The van der Waals surface area contributed by atoms with Crippen molar-refractivity contribution >= 4 is 18.0 Å². The predicted molar refractivity (Wildman–Crippen MR) is 162 cm³/mol. The quantitative estimate of drug-likeness (QED) is 0.188. The number of amides is 1. The van der Waals surface area contributed by atoms with Gasteiger partial charge in [0.1, 0.15) is 11.6 Å². The summed E-state index contributed by atoms with van der Waals surface area (Å²) in [6, 6.07) is 17.0. The van der Waals surface area contributed by atoms with E-state index in [1.807, 2.05) is 0 Å². The average Bonchev–Trinajstić information content (AvgIpc) is 2.98. The third kappa shape index (κ3) is 9.06. The van der Waals surface area contributed by atoms with E-state index in [1.54, 1.807) is 63.2 Å². The molecule has 2 aromatic heterocycles. The fraction of sp³-hybridized carbons (Fsp3) is 0.281. The highest BCUT2D eigenvalue weighted by Crippen LogP contribution is 2.38. The molecule has 0 saturated carbocycles. The van der Waals surface area contributed by atoms with Gasteiger partial charge in [-0.3, -0.25) is 0 Å². The second-order valence-electron chi connectivity index (χ2n) is 11.1. The standard InChI is InChI=1S/C32H32F3N5O6/c1-31(2,3)46-30(43)39-24(28(41)42)16-18-8-10-20(11-9-18)23-17-26(40-29(36)38-23)45-27(32(33,34)35)21-14-12-19(13-15-21)22-6-5-7-25(37-22)44-4/h5-15,17,24,27H,16H2,1-4H3,(H,39,43)(H,41,42)(H2,36,38,40). The molecular formula is C32H32F3N5O6. The molecule has 0 spiro atoms. The monoisotopic (exact) mass is 639 g/mol. The maximum Gasteiger partial charge on any atom is 0.429 e. The molecule has 0 aliphatic carbocycles. The molecule has 0 aliphatic heterocycles. The summed E-state index contributed by atoms with van der Waals surface area (Å²) in [6.07, 6.45) is -8.10. The first-order chi connectivity index (χ1) is 21.6. The lowest BCUT2D eigenvalue weighted by atomic mass is 10.0. The third-order valence-corrected chi connectivity index (χ3v) is 6.38. The summed E-state index contributed by atoms with van der Waals surface area (Å²) in [5, 5.41) is 11.9. The zero-order valence-electron chi connectivity index (χ0n) is 25.3. The summed E-state index contributed by atoms with van der Waals surface area (Å²) >= 11 is 0. The molecule has 2 heterocycles. The smallest absolute Gasteiger partial charge is 0.429 e. The molecule has 0 bridgehead atoms. The zero-order chi connectivity index (χ0) is 33.6. The number of carboxylic acids is 1. The second kappa shape index (κ2) is 13.7. The summed E-state index contributed by atoms with van der Waals surface area (Å²) in [5.41, 5.74) is 7.13. The summed E-state index contributed by atoms with van der Waals surface area (Å²) in [6.45, 7) is 4.96. The van der Waals surface area contributed by atoms with E-state index >= 15 is 0 Å². The van der Waals surface area contributed by atoms with Gasteiger partial charge >= 0.3 is 18.2 Å². The number of nitrogens with zero attached hydrogens (tertiary/aromatic N) is 3. The summed E-state index contributed by atoms with van der Waals surface area (Å²) in [7, 11) is 1.46. The van der Waals surface area contributed by atoms with Gasteiger partial charge in [0, 0.05) is 35.2 Å². The van der Waals surface area contributed by atoms with Crippen LogP contribution in [-0.2, 0) is 16.0 Å². The fourth-order valence-electron chi connectivity index (χ4n) is 4.31. The Kier molecular flexibility index (Phi) is 9.98. The number of halogens is 3. The van der Waals surface area contributed by atoms with Crippen LogP contribution in [0.3, 0.4) is 0 Å². The van der Waals surface area contributed by atoms with Gasteiger partial charge < -0.3 is 30.4 Å². The van der Waals surface area contributed by atoms with Gasteiger partial charge in [0.25, 0.3) is 0 Å². The van der Waals surface area contributed by atoms with Crippen LogP contribution in [0, 0.1) is 0 Å². The molecule has 4 aromatic rings. The first kappa shape index (κ1) is 33.5. The first-order valence-corrected chi connectivity index (χ1v) is 13.9. The number of alkyl halides is 3. The van der Waals surface area contributed by atoms with Crippen molar-refractivity contribution in [1.29, 1.82) is 0 Å². The molecule has 4 rings (SSSR count). The first-order valence-electron chi connectivity index (χ1n) is 13.9. The number of nitrogens with two attached hydrogens (primary N) is 1. The maximum atomic E-state index is 14.2. The van der Waals surface area contributed by atoms with Crippen molar-refractivity contribution in [2.45, 2.75) is 51.1 Å². The van der Waals surface area contributed by atoms with Crippen LogP contribution in [0.15, 0.2) is 72.8 Å². The van der Waals surface area contributed by atoms with Crippen molar-refractivity contribution in [2.24, 2.45) is 0 Å². The van der Waals surface area contributed by atoms with Crippen molar-refractivity contribution in [2.75, 3.05) is 12.8 Å². The Balaban J connectivity index is 1.52. The molecular weight excluding hydrogens is 607 g/mol. The number of alkyl carbamates (subject to hydrolysis) is 1. The molecule has 2 aromatic carbocycles. The summed E-state index contributed by atoms with van der Waals surface area (Å²) in [5.74, 6) is -1.61. The minimum absolute atomic E-state index is 0.0605. The lowest BCUT2D eigenvalue weighted by Crippen LogP contribution is -2.44. The Bertz CT molecular complexity index is 1680. The molecule has 11 nitrogen and oxygen atoms in total. The van der Waals surface area contributed by atoms with Crippen molar-refractivity contribution < 1.29 is 42.1 Å². The number of methoxy groups -OCH3 is 1. The Morgan fingerprint density at radius 2 is 1.52 bits per heavy atom. The number of carbonyl (C=O) groups is 2. The van der Waals surface area contributed by atoms with Gasteiger partial charge in [-0.15, -0.1) is 0 Å². The number of carboxylic acid groups (broad SMARTS) is 1. The fourth-order valence-corrected chi connectivity index (χ4v) is 4.31. The van der Waals surface area contributed by atoms with E-state index in [1.165, 1.54) is 37.4 Å². The third-order valence-electron chi connectivity index (χ3n) is 6.38. The number of nitrogen functional groups attached to an aromatic ring is 1. The van der Waals surface area contributed by atoms with Crippen molar-refractivity contribution in [1.82, 2.24) is 20.3 Å². The molecule has 14 heteroatoms. The van der Waals surface area contributed by atoms with Gasteiger partial charge in [0.05, 0.1) is 18.5 Å². The minimum atomic E-state index is -4.80. The van der Waals surface area contributed by atoms with E-state index in [9.17, 15) is 27.9 Å². The van der Waals surface area contributed by atoms with Gasteiger partial charge in [-0.1, -0.05) is 54.6 Å². The van der Waals surface area contributed by atoms with Crippen LogP contribution in [0.5, 0.6) is 11.8 Å². The van der Waals surface area contributed by atoms with Crippen LogP contribution in [0.2, 0.25) is 0 Å². The van der Waals surface area contributed by atoms with Crippen molar-refractivity contribution in [3.05, 3.63) is 83.9 Å². The number of hydrogen-bond donors (Lipinski definition) is 3. The number of aromatic nitrogens is 3. The number of nitrogens with one attached hydrogen (secondary N) is 1. The highest BCUT2D eigenvalue weighted by atomic mass is 19.4. The molecule has 1 amide bonds. The molecule has 4 N–H and O–H groups in total. The van der Waals surface area contributed by atoms with Crippen LogP contribution < -0.4 is 20.5 Å². The molecule has 46 heavy (non-hydrogen) atoms. The topological polar surface area (TPSA) is 159 Å². The maximum absolute atomic E-state index is 14.2. The van der Waals surface area contributed by atoms with Crippen LogP contribution in [-0.4, -0.2) is 57.0 Å². The number of aliphatic carboxylic acids is 1. The van der Waals surface area contributed by atoms with Crippen molar-refractivity contribution in [3.8, 4) is 34.3 Å². The zero-order valence-corrected chi connectivity index (χ0v) is 25.3. The van der Waals surface area contributed by atoms with Crippen LogP contribution in [0.4, 0.5) is 23.9 Å². The Hall–Kier alpha value is -5.40. The van der Waals surface area contributed by atoms with E-state index in [4.69, 9.17) is 19.9 Å². The number of carbonyl (C=O) groups excluding carboxylic acids is 1. The van der Waals surface area contributed by atoms with E-state index in [2.05, 4.69) is 20.3 Å². The highest BCUT2D eigenvalue weighted by molar-refractivity contribution is 5.80. The minimum Gasteiger partial charge on any atom is -0.481 e. The largest absolute Gasteiger partial charge is 0.481 e. The molecule has 2 atom stereocenters. The Morgan fingerprint density at radius 3 is 2.11 bits per heavy atom. The normalized spacial score (nSPS) is 12.9. The predicted octanol–water partition coefficient (Wildman–Crippen LogP) is 6.00. The van der Waals surface area contributed by atoms with Gasteiger partial charge in [-0.2, -0.15) is 18.2 Å². The van der Waals surface area contributed by atoms with Gasteiger partial charge in [0.15, 0.2) is 0 Å². The van der Waals surface area contributed by atoms with E-state index in [0.717, 1.165) is 0 Å². The van der Waals surface area contributed by atoms with E-state index in [-0.39, 0.29) is 23.6 Å². The second-order valence-corrected chi connectivity index (χ2v) is 11.1. The molecule has 2 unspecified atom stereocenters. The Labute approximate surface area is 262 Å². The number of pyridine rings is 1. The van der Waals surface area contributed by atoms with E-state index < -0.39 is 41.9 Å². The molecule has 0 aliphatic rings. The van der Waals surface area contributed by atoms with Gasteiger partial charge in [0.2, 0.25) is 23.8 Å². The molecule has 0 saturated heterocycles. The molecule has 242 valence electrons. The average molecular weight is 640 g/mol. The molecule has 0 radical (unpaired) electrons. The summed E-state index contributed by atoms with van der Waals surface area (Å²) in [4.78, 5) is 36.1. The van der Waals surface area contributed by atoms with Crippen LogP contribution >= 0.6 is 0 Å². The lowest BCUT2D eigenvalue weighted by Gasteiger charge is -2.22. The highest BCUT2D eigenvalue weighted by Gasteiger charge is 2.43. The Morgan fingerprint density at radius 1 is 0.891 bits per heavy atom. The number of ether oxygens (including phenoxy) is 3. The summed E-state index contributed by atoms with van der Waals surface area (Å²) < 4.78 is 58.2. The number of hydrogen-bond acceptors (Lipinski definition) is 9. The van der Waals surface area contributed by atoms with Crippen molar-refractivity contribution in [3.63, 3.8) is 0 Å². The number of benzene rings is 2. The molecule has 0 fully saturated rings. The van der Waals surface area contributed by atoms with Crippen LogP contribution in [0.25, 0.3) is 22.5 Å². The van der Waals surface area contributed by atoms with Crippen LogP contribution in [0.1, 0.15) is 38.0 Å². The van der Waals surface area contributed by atoms with E-state index in [0.29, 0.717) is 28.3 Å². The van der Waals surface area contributed by atoms with Gasteiger partial charge in [-0.25, -0.2) is 19.6 Å². The lowest BCUT2D eigenvalue weighted by molar-refractivity contribution is -0.198. The number of anilines is 1.